The third-order valence-electron chi connectivity index (χ3n) is 3.80. The minimum Gasteiger partial charge on any atom is -0.347 e. The van der Waals surface area contributed by atoms with E-state index in [-0.39, 0.29) is 17.6 Å². The number of nitrogens with zero attached hydrogens (tertiary/aromatic N) is 4. The van der Waals surface area contributed by atoms with Crippen LogP contribution in [0.3, 0.4) is 0 Å². The van der Waals surface area contributed by atoms with Crippen molar-refractivity contribution in [2.45, 2.75) is 18.9 Å². The SMILES string of the molecule is CN(C)C(=O)C1CCCN1c1nc2ccc([N+](=O)[O-])cc2s1. The van der Waals surface area contributed by atoms with Crippen LogP contribution in [0.2, 0.25) is 0 Å². The molecule has 1 amide bonds. The van der Waals surface area contributed by atoms with Gasteiger partial charge in [0.1, 0.15) is 6.04 Å². The highest BCUT2D eigenvalue weighted by atomic mass is 32.1. The summed E-state index contributed by atoms with van der Waals surface area (Å²) in [6.45, 7) is 0.784. The fourth-order valence-corrected chi connectivity index (χ4v) is 3.76. The molecule has 116 valence electrons. The highest BCUT2D eigenvalue weighted by Gasteiger charge is 2.33. The molecule has 2 aromatic rings. The highest BCUT2D eigenvalue weighted by Crippen LogP contribution is 2.35. The van der Waals surface area contributed by atoms with Gasteiger partial charge in [-0.1, -0.05) is 11.3 Å². The van der Waals surface area contributed by atoms with Crippen LogP contribution in [-0.4, -0.2) is 47.4 Å². The summed E-state index contributed by atoms with van der Waals surface area (Å²) in [6, 6.07) is 4.46. The highest BCUT2D eigenvalue weighted by molar-refractivity contribution is 7.22. The van der Waals surface area contributed by atoms with Crippen LogP contribution >= 0.6 is 11.3 Å². The van der Waals surface area contributed by atoms with Gasteiger partial charge in [-0.25, -0.2) is 4.98 Å². The van der Waals surface area contributed by atoms with E-state index in [0.717, 1.165) is 34.7 Å². The van der Waals surface area contributed by atoms with Gasteiger partial charge < -0.3 is 9.80 Å². The van der Waals surface area contributed by atoms with Crippen LogP contribution in [0.1, 0.15) is 12.8 Å². The van der Waals surface area contributed by atoms with Crippen molar-refractivity contribution < 1.29 is 9.72 Å². The quantitative estimate of drug-likeness (QED) is 0.640. The van der Waals surface area contributed by atoms with Crippen LogP contribution in [-0.2, 0) is 4.79 Å². The monoisotopic (exact) mass is 320 g/mol. The van der Waals surface area contributed by atoms with E-state index in [1.54, 1.807) is 25.1 Å². The lowest BCUT2D eigenvalue weighted by molar-refractivity contribution is -0.384. The summed E-state index contributed by atoms with van der Waals surface area (Å²) in [7, 11) is 3.50. The first-order valence-electron chi connectivity index (χ1n) is 7.00. The van der Waals surface area contributed by atoms with E-state index in [0.29, 0.717) is 0 Å². The Morgan fingerprint density at radius 3 is 2.95 bits per heavy atom. The Bertz CT molecular complexity index is 743. The number of non-ortho nitro benzene ring substituents is 1. The van der Waals surface area contributed by atoms with E-state index in [1.807, 2.05) is 4.90 Å². The Kier molecular flexibility index (Phi) is 3.69. The number of likely N-dealkylation sites (N-methyl/N-ethyl adjacent to an activating group) is 1. The molecule has 1 fully saturated rings. The summed E-state index contributed by atoms with van der Waals surface area (Å²) in [5.74, 6) is 0.0720. The van der Waals surface area contributed by atoms with Crippen LogP contribution in [0.4, 0.5) is 10.8 Å². The fraction of sp³-hybridized carbons (Fsp3) is 0.429. The van der Waals surface area contributed by atoms with Crippen molar-refractivity contribution >= 4 is 38.3 Å². The zero-order valence-electron chi connectivity index (χ0n) is 12.4. The summed E-state index contributed by atoms with van der Waals surface area (Å²) in [6.07, 6.45) is 1.76. The van der Waals surface area contributed by atoms with Crippen molar-refractivity contribution in [3.63, 3.8) is 0 Å². The standard InChI is InChI=1S/C14H16N4O3S/c1-16(2)13(19)11-4-3-7-17(11)14-15-10-6-5-9(18(20)21)8-12(10)22-14/h5-6,8,11H,3-4,7H2,1-2H3. The van der Waals surface area contributed by atoms with Gasteiger partial charge in [-0.15, -0.1) is 0 Å². The summed E-state index contributed by atoms with van der Waals surface area (Å²) in [4.78, 5) is 30.9. The lowest BCUT2D eigenvalue weighted by Gasteiger charge is -2.25. The Morgan fingerprint density at radius 2 is 2.27 bits per heavy atom. The first kappa shape index (κ1) is 14.7. The zero-order valence-corrected chi connectivity index (χ0v) is 13.2. The third-order valence-corrected chi connectivity index (χ3v) is 4.85. The number of fused-ring (bicyclic) bond motifs is 1. The number of benzene rings is 1. The third kappa shape index (κ3) is 2.50. The average Bonchev–Trinajstić information content (AvgIpc) is 3.11. The molecular formula is C14H16N4O3S. The molecule has 1 unspecified atom stereocenters. The number of nitro groups is 1. The Balaban J connectivity index is 1.95. The first-order valence-corrected chi connectivity index (χ1v) is 7.82. The van der Waals surface area contributed by atoms with Crippen LogP contribution in [0, 0.1) is 10.1 Å². The van der Waals surface area contributed by atoms with Crippen molar-refractivity contribution in [2.75, 3.05) is 25.5 Å². The second kappa shape index (κ2) is 5.53. The number of hydrogen-bond donors (Lipinski definition) is 0. The molecule has 0 saturated carbocycles. The molecule has 8 heteroatoms. The minimum absolute atomic E-state index is 0.0602. The second-order valence-electron chi connectivity index (χ2n) is 5.49. The number of amides is 1. The first-order chi connectivity index (χ1) is 10.5. The summed E-state index contributed by atoms with van der Waals surface area (Å²) >= 11 is 1.40. The number of nitro benzene ring substituents is 1. The van der Waals surface area contributed by atoms with E-state index in [1.165, 1.54) is 23.5 Å². The van der Waals surface area contributed by atoms with Gasteiger partial charge in [0, 0.05) is 32.8 Å². The molecular weight excluding hydrogens is 304 g/mol. The van der Waals surface area contributed by atoms with Gasteiger partial charge in [-0.2, -0.15) is 0 Å². The van der Waals surface area contributed by atoms with Crippen molar-refractivity contribution in [2.24, 2.45) is 0 Å². The van der Waals surface area contributed by atoms with Crippen LogP contribution in [0.25, 0.3) is 10.2 Å². The normalized spacial score (nSPS) is 17.9. The topological polar surface area (TPSA) is 79.6 Å². The molecule has 1 atom stereocenters. The molecule has 1 aromatic heterocycles. The summed E-state index contributed by atoms with van der Waals surface area (Å²) in [5.41, 5.74) is 0.790. The maximum atomic E-state index is 12.3. The van der Waals surface area contributed by atoms with Crippen molar-refractivity contribution in [1.29, 1.82) is 0 Å². The predicted molar refractivity (Wildman–Crippen MR) is 85.3 cm³/mol. The van der Waals surface area contributed by atoms with Gasteiger partial charge in [0.05, 0.1) is 15.1 Å². The maximum Gasteiger partial charge on any atom is 0.270 e. The van der Waals surface area contributed by atoms with E-state index in [9.17, 15) is 14.9 Å². The molecule has 1 aliphatic rings. The number of hydrogen-bond acceptors (Lipinski definition) is 6. The predicted octanol–water partition coefficient (Wildman–Crippen LogP) is 2.26. The lowest BCUT2D eigenvalue weighted by Crippen LogP contribution is -2.42. The number of rotatable bonds is 3. The van der Waals surface area contributed by atoms with Crippen LogP contribution in [0.15, 0.2) is 18.2 Å². The molecule has 0 spiro atoms. The second-order valence-corrected chi connectivity index (χ2v) is 6.50. The largest absolute Gasteiger partial charge is 0.347 e. The fourth-order valence-electron chi connectivity index (χ4n) is 2.69. The van der Waals surface area contributed by atoms with Crippen molar-refractivity contribution in [1.82, 2.24) is 9.88 Å². The number of anilines is 1. The van der Waals surface area contributed by atoms with Crippen molar-refractivity contribution in [3.8, 4) is 0 Å². The summed E-state index contributed by atoms with van der Waals surface area (Å²) in [5, 5.41) is 11.6. The van der Waals surface area contributed by atoms with E-state index in [2.05, 4.69) is 4.98 Å². The Hall–Kier alpha value is -2.22. The zero-order chi connectivity index (χ0) is 15.9. The Labute approximate surface area is 131 Å². The Morgan fingerprint density at radius 1 is 1.50 bits per heavy atom. The summed E-state index contributed by atoms with van der Waals surface area (Å²) < 4.78 is 0.771. The molecule has 7 nitrogen and oxygen atoms in total. The van der Waals surface area contributed by atoms with Gasteiger partial charge in [0.2, 0.25) is 5.91 Å². The number of carbonyl (C=O) groups excluding carboxylic acids is 1. The molecule has 22 heavy (non-hydrogen) atoms. The molecule has 1 saturated heterocycles. The van der Waals surface area contributed by atoms with E-state index in [4.69, 9.17) is 0 Å². The van der Waals surface area contributed by atoms with Gasteiger partial charge >= 0.3 is 0 Å². The average molecular weight is 320 g/mol. The van der Waals surface area contributed by atoms with Gasteiger partial charge in [-0.05, 0) is 18.9 Å². The van der Waals surface area contributed by atoms with Crippen molar-refractivity contribution in [3.05, 3.63) is 28.3 Å². The van der Waals surface area contributed by atoms with Gasteiger partial charge in [-0.3, -0.25) is 14.9 Å². The van der Waals surface area contributed by atoms with Gasteiger partial charge in [0.15, 0.2) is 5.13 Å². The minimum atomic E-state index is -0.410. The van der Waals surface area contributed by atoms with E-state index >= 15 is 0 Å². The molecule has 1 aliphatic heterocycles. The molecule has 0 radical (unpaired) electrons. The maximum absolute atomic E-state index is 12.3. The number of carbonyl (C=O) groups is 1. The van der Waals surface area contributed by atoms with Crippen LogP contribution in [0.5, 0.6) is 0 Å². The van der Waals surface area contributed by atoms with E-state index < -0.39 is 4.92 Å². The van der Waals surface area contributed by atoms with Gasteiger partial charge in [0.25, 0.3) is 5.69 Å². The smallest absolute Gasteiger partial charge is 0.270 e. The van der Waals surface area contributed by atoms with Crippen LogP contribution < -0.4 is 4.90 Å². The molecule has 0 bridgehead atoms. The molecule has 0 N–H and O–H groups in total. The number of aromatic nitrogens is 1. The molecule has 2 heterocycles. The molecule has 1 aromatic carbocycles. The molecule has 3 rings (SSSR count). The number of thiazole rings is 1. The lowest BCUT2D eigenvalue weighted by atomic mass is 10.2. The molecule has 0 aliphatic carbocycles.